The normalized spacial score (nSPS) is 25.3. The molecule has 3 amide bonds. The average Bonchev–Trinajstić information content (AvgIpc) is 3.70. The van der Waals surface area contributed by atoms with Gasteiger partial charge in [-0.3, -0.25) is 14.4 Å². The molecule has 9 heteroatoms. The predicted octanol–water partition coefficient (Wildman–Crippen LogP) is 5.32. The van der Waals surface area contributed by atoms with Crippen LogP contribution in [0.4, 0.5) is 5.69 Å². The van der Waals surface area contributed by atoms with Crippen molar-refractivity contribution in [1.29, 1.82) is 0 Å². The first kappa shape index (κ1) is 33.8. The maximum Gasteiger partial charge on any atom is 0.247 e. The molecular formula is C37H47N3O5S. The second-order valence-electron chi connectivity index (χ2n) is 12.9. The van der Waals surface area contributed by atoms with Crippen LogP contribution in [0.25, 0.3) is 0 Å². The SMILES string of the molecule is C=CCN(Cc1ccccc1)C(=O)C1N([C@@H](CO)CC(C)C)C(=O)[C@@H]2[C@@H](C(=O)N(CC=C)c3ccc(OCC)cc3)[C@H]3CCC12S3. The lowest BCUT2D eigenvalue weighted by Gasteiger charge is -2.40. The number of aliphatic hydroxyl groups is 1. The van der Waals surface area contributed by atoms with Crippen molar-refractivity contribution < 1.29 is 24.2 Å². The summed E-state index contributed by atoms with van der Waals surface area (Å²) < 4.78 is 4.85. The molecule has 3 aliphatic heterocycles. The summed E-state index contributed by atoms with van der Waals surface area (Å²) in [6.07, 6.45) is 5.36. The number of benzene rings is 2. The van der Waals surface area contributed by atoms with Crippen molar-refractivity contribution in [2.45, 2.75) is 68.7 Å². The van der Waals surface area contributed by atoms with Gasteiger partial charge in [0.2, 0.25) is 17.7 Å². The van der Waals surface area contributed by atoms with E-state index in [1.165, 1.54) is 0 Å². The van der Waals surface area contributed by atoms with Crippen molar-refractivity contribution in [3.8, 4) is 5.75 Å². The summed E-state index contributed by atoms with van der Waals surface area (Å²) >= 11 is 1.65. The summed E-state index contributed by atoms with van der Waals surface area (Å²) in [5.74, 6) is -0.848. The molecule has 1 spiro atoms. The fourth-order valence-corrected chi connectivity index (χ4v) is 9.94. The smallest absolute Gasteiger partial charge is 0.247 e. The molecule has 246 valence electrons. The number of ether oxygens (including phenoxy) is 1. The van der Waals surface area contributed by atoms with Gasteiger partial charge in [0.05, 0.1) is 35.8 Å². The molecule has 6 atom stereocenters. The zero-order valence-corrected chi connectivity index (χ0v) is 28.0. The van der Waals surface area contributed by atoms with Crippen LogP contribution in [0.3, 0.4) is 0 Å². The van der Waals surface area contributed by atoms with Crippen LogP contribution in [0, 0.1) is 17.8 Å². The van der Waals surface area contributed by atoms with Crippen molar-refractivity contribution in [2.24, 2.45) is 17.8 Å². The van der Waals surface area contributed by atoms with E-state index in [9.17, 15) is 19.5 Å². The third-order valence-corrected chi connectivity index (χ3v) is 11.5. The number of nitrogens with zero attached hydrogens (tertiary/aromatic N) is 3. The zero-order chi connectivity index (χ0) is 33.0. The van der Waals surface area contributed by atoms with E-state index in [0.717, 1.165) is 17.7 Å². The van der Waals surface area contributed by atoms with Crippen LogP contribution in [0.5, 0.6) is 5.75 Å². The minimum absolute atomic E-state index is 0.0893. The summed E-state index contributed by atoms with van der Waals surface area (Å²) in [5.41, 5.74) is 1.69. The minimum atomic E-state index is -0.796. The zero-order valence-electron chi connectivity index (χ0n) is 27.2. The van der Waals surface area contributed by atoms with Crippen LogP contribution < -0.4 is 9.64 Å². The summed E-state index contributed by atoms with van der Waals surface area (Å²) in [6.45, 7) is 15.1. The lowest BCUT2D eigenvalue weighted by atomic mass is 9.70. The molecule has 2 bridgehead atoms. The second-order valence-corrected chi connectivity index (χ2v) is 14.5. The molecule has 0 radical (unpaired) electrons. The van der Waals surface area contributed by atoms with E-state index in [2.05, 4.69) is 27.0 Å². The van der Waals surface area contributed by atoms with Gasteiger partial charge < -0.3 is 24.5 Å². The number of carbonyl (C=O) groups is 3. The quantitative estimate of drug-likeness (QED) is 0.264. The highest BCUT2D eigenvalue weighted by Crippen LogP contribution is 2.67. The van der Waals surface area contributed by atoms with Gasteiger partial charge in [0, 0.05) is 30.6 Å². The van der Waals surface area contributed by atoms with E-state index in [4.69, 9.17) is 4.74 Å². The number of aliphatic hydroxyl groups excluding tert-OH is 1. The number of hydrogen-bond donors (Lipinski definition) is 1. The maximum atomic E-state index is 14.8. The first-order valence-corrected chi connectivity index (χ1v) is 17.3. The Bertz CT molecular complexity index is 1420. The van der Waals surface area contributed by atoms with Gasteiger partial charge in [-0.2, -0.15) is 0 Å². The molecule has 8 nitrogen and oxygen atoms in total. The van der Waals surface area contributed by atoms with Crippen molar-refractivity contribution in [3.05, 3.63) is 85.5 Å². The molecule has 3 heterocycles. The van der Waals surface area contributed by atoms with Gasteiger partial charge in [0.15, 0.2) is 0 Å². The van der Waals surface area contributed by atoms with Gasteiger partial charge in [-0.15, -0.1) is 24.9 Å². The summed E-state index contributed by atoms with van der Waals surface area (Å²) in [4.78, 5) is 49.3. The lowest BCUT2D eigenvalue weighted by Crippen LogP contribution is -2.57. The lowest BCUT2D eigenvalue weighted by molar-refractivity contribution is -0.146. The number of anilines is 1. The standard InChI is InChI=1S/C37H47N3O5S/c1-6-20-38(23-26-12-10-9-11-13-26)36(44)33-37-19-18-30(46-37)31(32(37)35(43)40(33)28(24-41)22-25(4)5)34(42)39(21-7-2)27-14-16-29(17-15-27)45-8-3/h6-7,9-17,25,28,30-33,41H,1-2,8,18-24H2,3-5H3/t28-,30-,31+,32+,33?,37?/m1/s1. The van der Waals surface area contributed by atoms with Crippen molar-refractivity contribution in [2.75, 3.05) is 31.2 Å². The maximum absolute atomic E-state index is 14.8. The molecule has 0 aromatic heterocycles. The topological polar surface area (TPSA) is 90.4 Å². The first-order chi connectivity index (χ1) is 22.2. The Balaban J connectivity index is 1.55. The minimum Gasteiger partial charge on any atom is -0.494 e. The second kappa shape index (κ2) is 14.5. The number of rotatable bonds is 15. The Hall–Kier alpha value is -3.56. The van der Waals surface area contributed by atoms with Gasteiger partial charge in [-0.1, -0.05) is 56.3 Å². The molecule has 0 aliphatic carbocycles. The van der Waals surface area contributed by atoms with Gasteiger partial charge >= 0.3 is 0 Å². The molecule has 2 aromatic rings. The Kier molecular flexibility index (Phi) is 10.6. The van der Waals surface area contributed by atoms with Crippen molar-refractivity contribution in [3.63, 3.8) is 0 Å². The fraction of sp³-hybridized carbons (Fsp3) is 0.486. The monoisotopic (exact) mass is 645 g/mol. The molecule has 5 rings (SSSR count). The molecule has 2 aromatic carbocycles. The molecule has 3 fully saturated rings. The Morgan fingerprint density at radius 1 is 1.09 bits per heavy atom. The molecule has 46 heavy (non-hydrogen) atoms. The Labute approximate surface area is 277 Å². The fourth-order valence-electron chi connectivity index (χ4n) is 7.75. The number of carbonyl (C=O) groups excluding carboxylic acids is 3. The molecule has 1 N–H and O–H groups in total. The van der Waals surface area contributed by atoms with E-state index in [1.807, 2.05) is 61.5 Å². The number of amides is 3. The van der Waals surface area contributed by atoms with Gasteiger partial charge in [0.1, 0.15) is 11.8 Å². The van der Waals surface area contributed by atoms with Crippen LogP contribution >= 0.6 is 11.8 Å². The molecule has 3 aliphatic rings. The van der Waals surface area contributed by atoms with E-state index in [0.29, 0.717) is 38.2 Å². The van der Waals surface area contributed by atoms with Gasteiger partial charge in [-0.25, -0.2) is 0 Å². The number of hydrogen-bond acceptors (Lipinski definition) is 6. The summed E-state index contributed by atoms with van der Waals surface area (Å²) in [5, 5.41) is 10.6. The highest BCUT2D eigenvalue weighted by atomic mass is 32.2. The Morgan fingerprint density at radius 3 is 2.39 bits per heavy atom. The van der Waals surface area contributed by atoms with Gasteiger partial charge in [0.25, 0.3) is 0 Å². The van der Waals surface area contributed by atoms with Crippen LogP contribution in [-0.4, -0.2) is 81.0 Å². The molecule has 2 unspecified atom stereocenters. The third-order valence-electron chi connectivity index (χ3n) is 9.52. The summed E-state index contributed by atoms with van der Waals surface area (Å²) in [6, 6.07) is 15.9. The van der Waals surface area contributed by atoms with Crippen LogP contribution in [0.15, 0.2) is 79.9 Å². The predicted molar refractivity (Wildman–Crippen MR) is 184 cm³/mol. The largest absolute Gasteiger partial charge is 0.494 e. The van der Waals surface area contributed by atoms with E-state index in [-0.39, 0.29) is 42.0 Å². The molecule has 0 saturated carbocycles. The van der Waals surface area contributed by atoms with Crippen LogP contribution in [0.2, 0.25) is 0 Å². The van der Waals surface area contributed by atoms with Crippen molar-refractivity contribution in [1.82, 2.24) is 9.80 Å². The van der Waals surface area contributed by atoms with Crippen LogP contribution in [0.1, 0.15) is 45.6 Å². The van der Waals surface area contributed by atoms with Crippen LogP contribution in [-0.2, 0) is 20.9 Å². The van der Waals surface area contributed by atoms with Gasteiger partial charge in [-0.05, 0) is 61.9 Å². The third kappa shape index (κ3) is 6.24. The Morgan fingerprint density at radius 2 is 1.78 bits per heavy atom. The number of likely N-dealkylation sites (tertiary alicyclic amines) is 1. The highest BCUT2D eigenvalue weighted by Gasteiger charge is 2.74. The molecular weight excluding hydrogens is 598 g/mol. The van der Waals surface area contributed by atoms with E-state index in [1.54, 1.807) is 38.6 Å². The van der Waals surface area contributed by atoms with E-state index >= 15 is 0 Å². The molecule has 3 saturated heterocycles. The van der Waals surface area contributed by atoms with Crippen molar-refractivity contribution >= 4 is 35.2 Å². The summed E-state index contributed by atoms with van der Waals surface area (Å²) in [7, 11) is 0. The number of thioether (sulfide) groups is 1. The van der Waals surface area contributed by atoms with E-state index < -0.39 is 28.7 Å². The first-order valence-electron chi connectivity index (χ1n) is 16.4. The average molecular weight is 646 g/mol. The number of fused-ring (bicyclic) bond motifs is 1. The highest BCUT2D eigenvalue weighted by molar-refractivity contribution is 8.02.